The summed E-state index contributed by atoms with van der Waals surface area (Å²) in [6.07, 6.45) is 0. The van der Waals surface area contributed by atoms with Crippen molar-refractivity contribution in [2.75, 3.05) is 0 Å². The number of aromatic nitrogens is 2. The molecule has 0 aliphatic heterocycles. The van der Waals surface area contributed by atoms with Crippen LogP contribution in [0.1, 0.15) is 0 Å². The number of hydrogen-bond acceptors (Lipinski definition) is 0. The Hall–Kier alpha value is -7.94. The first-order chi connectivity index (χ1) is 29.8. The fourth-order valence-electron chi connectivity index (χ4n) is 9.50. The molecule has 280 valence electrons. The van der Waals surface area contributed by atoms with Gasteiger partial charge in [-0.25, -0.2) is 0 Å². The van der Waals surface area contributed by atoms with Crippen LogP contribution >= 0.6 is 0 Å². The van der Waals surface area contributed by atoms with Crippen LogP contribution in [0.4, 0.5) is 0 Å². The molecule has 0 fully saturated rings. The van der Waals surface area contributed by atoms with E-state index < -0.39 is 0 Å². The molecule has 0 atom stereocenters. The molecule has 0 spiro atoms. The van der Waals surface area contributed by atoms with Crippen LogP contribution in [0.5, 0.6) is 0 Å². The Morgan fingerprint density at radius 2 is 0.650 bits per heavy atom. The average Bonchev–Trinajstić information content (AvgIpc) is 3.84. The Bertz CT molecular complexity index is 3600. The molecule has 0 radical (unpaired) electrons. The van der Waals surface area contributed by atoms with E-state index in [0.717, 1.165) is 5.69 Å². The van der Waals surface area contributed by atoms with Crippen LogP contribution in [0, 0.1) is 0 Å². The van der Waals surface area contributed by atoms with Crippen molar-refractivity contribution in [3.8, 4) is 55.9 Å². The third kappa shape index (κ3) is 5.50. The summed E-state index contributed by atoms with van der Waals surface area (Å²) in [5, 5.41) is 7.48. The first kappa shape index (κ1) is 34.1. The van der Waals surface area contributed by atoms with E-state index in [9.17, 15) is 0 Å². The van der Waals surface area contributed by atoms with Crippen LogP contribution in [0.3, 0.4) is 0 Å². The lowest BCUT2D eigenvalue weighted by Gasteiger charge is -2.15. The fraction of sp³-hybridized carbons (Fsp3) is 0. The summed E-state index contributed by atoms with van der Waals surface area (Å²) in [5.41, 5.74) is 16.8. The van der Waals surface area contributed by atoms with Gasteiger partial charge in [0.15, 0.2) is 0 Å². The molecule has 2 heterocycles. The van der Waals surface area contributed by atoms with Gasteiger partial charge in [0, 0.05) is 32.7 Å². The second-order valence-corrected chi connectivity index (χ2v) is 15.7. The van der Waals surface area contributed by atoms with E-state index in [-0.39, 0.29) is 0 Å². The van der Waals surface area contributed by atoms with Gasteiger partial charge >= 0.3 is 0 Å². The summed E-state index contributed by atoms with van der Waals surface area (Å²) in [6, 6.07) is 84.2. The van der Waals surface area contributed by atoms with Crippen molar-refractivity contribution >= 4 is 54.4 Å². The van der Waals surface area contributed by atoms with E-state index in [1.165, 1.54) is 105 Å². The van der Waals surface area contributed by atoms with E-state index in [1.807, 2.05) is 0 Å². The number of hydrogen-bond donors (Lipinski definition) is 0. The van der Waals surface area contributed by atoms with Crippen LogP contribution in [-0.4, -0.2) is 9.13 Å². The maximum Gasteiger partial charge on any atom is 0.0541 e. The maximum atomic E-state index is 2.45. The summed E-state index contributed by atoms with van der Waals surface area (Å²) >= 11 is 0. The fourth-order valence-corrected chi connectivity index (χ4v) is 9.50. The van der Waals surface area contributed by atoms with Crippen molar-refractivity contribution in [2.45, 2.75) is 0 Å². The van der Waals surface area contributed by atoms with Gasteiger partial charge in [0.25, 0.3) is 0 Å². The molecule has 12 rings (SSSR count). The highest BCUT2D eigenvalue weighted by molar-refractivity contribution is 6.13. The molecule has 12 aromatic rings. The molecule has 0 aliphatic carbocycles. The quantitative estimate of drug-likeness (QED) is 0.160. The lowest BCUT2D eigenvalue weighted by atomic mass is 9.96. The molecule has 0 amide bonds. The zero-order valence-corrected chi connectivity index (χ0v) is 32.8. The summed E-state index contributed by atoms with van der Waals surface area (Å²) in [7, 11) is 0. The molecular weight excluding hydrogens is 725 g/mol. The van der Waals surface area contributed by atoms with E-state index >= 15 is 0 Å². The molecule has 2 nitrogen and oxygen atoms in total. The van der Waals surface area contributed by atoms with Crippen LogP contribution in [0.25, 0.3) is 110 Å². The molecule has 0 bridgehead atoms. The maximum absolute atomic E-state index is 2.45. The van der Waals surface area contributed by atoms with Crippen LogP contribution in [0.2, 0.25) is 0 Å². The smallest absolute Gasteiger partial charge is 0.0541 e. The second-order valence-electron chi connectivity index (χ2n) is 15.7. The van der Waals surface area contributed by atoms with Crippen LogP contribution in [0.15, 0.2) is 231 Å². The van der Waals surface area contributed by atoms with Gasteiger partial charge in [-0.3, -0.25) is 0 Å². The molecule has 60 heavy (non-hydrogen) atoms. The average molecular weight is 763 g/mol. The zero-order valence-electron chi connectivity index (χ0n) is 32.8. The van der Waals surface area contributed by atoms with Crippen LogP contribution in [-0.2, 0) is 0 Å². The molecule has 0 aliphatic rings. The third-order valence-corrected chi connectivity index (χ3v) is 12.3. The van der Waals surface area contributed by atoms with E-state index in [1.54, 1.807) is 0 Å². The molecule has 0 N–H and O–H groups in total. The summed E-state index contributed by atoms with van der Waals surface area (Å²) < 4.78 is 4.88. The first-order valence-electron chi connectivity index (χ1n) is 20.7. The van der Waals surface area contributed by atoms with Gasteiger partial charge in [0.05, 0.1) is 33.4 Å². The van der Waals surface area contributed by atoms with Gasteiger partial charge in [0.2, 0.25) is 0 Å². The molecule has 0 saturated carbocycles. The van der Waals surface area contributed by atoms with Gasteiger partial charge in [-0.1, -0.05) is 170 Å². The van der Waals surface area contributed by atoms with E-state index in [4.69, 9.17) is 0 Å². The van der Waals surface area contributed by atoms with Crippen molar-refractivity contribution in [1.29, 1.82) is 0 Å². The second kappa shape index (κ2) is 13.9. The zero-order chi connectivity index (χ0) is 39.6. The minimum Gasteiger partial charge on any atom is -0.309 e. The molecular formula is C58H38N2. The Kier molecular flexibility index (Phi) is 7.89. The molecule has 2 heteroatoms. The topological polar surface area (TPSA) is 9.86 Å². The Morgan fingerprint density at radius 1 is 0.217 bits per heavy atom. The van der Waals surface area contributed by atoms with Crippen LogP contribution < -0.4 is 0 Å². The number of nitrogens with zero attached hydrogens (tertiary/aromatic N) is 2. The van der Waals surface area contributed by atoms with Gasteiger partial charge in [-0.2, -0.15) is 0 Å². The summed E-state index contributed by atoms with van der Waals surface area (Å²) in [4.78, 5) is 0. The van der Waals surface area contributed by atoms with Gasteiger partial charge in [-0.15, -0.1) is 0 Å². The van der Waals surface area contributed by atoms with Crippen molar-refractivity contribution in [1.82, 2.24) is 9.13 Å². The number of rotatable bonds is 6. The largest absolute Gasteiger partial charge is 0.309 e. The third-order valence-electron chi connectivity index (χ3n) is 12.3. The van der Waals surface area contributed by atoms with Crippen molar-refractivity contribution in [2.24, 2.45) is 0 Å². The number of benzene rings is 10. The SMILES string of the molecule is c1ccc(-c2ccccc2-n2c3ccccc3c3cc(-c4ccc5c(c4)c4ccccc4n5-c4ccccc4-c4cccc(-c5ccc6ccccc6c5)c4)ccc32)cc1. The van der Waals surface area contributed by atoms with Crippen molar-refractivity contribution in [3.63, 3.8) is 0 Å². The summed E-state index contributed by atoms with van der Waals surface area (Å²) in [6.45, 7) is 0. The molecule has 0 saturated heterocycles. The Labute approximate surface area is 348 Å². The highest BCUT2D eigenvalue weighted by Crippen LogP contribution is 2.41. The Morgan fingerprint density at radius 3 is 1.30 bits per heavy atom. The predicted octanol–water partition coefficient (Wildman–Crippen LogP) is 15.7. The van der Waals surface area contributed by atoms with Gasteiger partial charge < -0.3 is 9.13 Å². The van der Waals surface area contributed by atoms with Crippen molar-refractivity contribution in [3.05, 3.63) is 231 Å². The molecule has 2 aromatic heterocycles. The van der Waals surface area contributed by atoms with Gasteiger partial charge in [0.1, 0.15) is 0 Å². The summed E-state index contributed by atoms with van der Waals surface area (Å²) in [5.74, 6) is 0. The lowest BCUT2D eigenvalue weighted by Crippen LogP contribution is -1.97. The number of fused-ring (bicyclic) bond motifs is 7. The number of para-hydroxylation sites is 4. The van der Waals surface area contributed by atoms with E-state index in [0.29, 0.717) is 0 Å². The van der Waals surface area contributed by atoms with E-state index in [2.05, 4.69) is 240 Å². The van der Waals surface area contributed by atoms with Crippen molar-refractivity contribution < 1.29 is 0 Å². The molecule has 10 aromatic carbocycles. The standard InChI is InChI=1S/C58H38N2/c1-2-16-40(17-3-1)47-21-6-10-25-53(47)59-55-27-12-8-23-49(55)51-37-44(31-33-57(51)59)45-32-34-58-52(38-45)50-24-9-13-28-56(50)60(58)54-26-11-7-22-48(54)46-20-14-19-42(36-46)43-30-29-39-15-4-5-18-41(39)35-43/h1-38H. The predicted molar refractivity (Wildman–Crippen MR) is 254 cm³/mol. The first-order valence-corrected chi connectivity index (χ1v) is 20.7. The van der Waals surface area contributed by atoms with Gasteiger partial charge in [-0.05, 0) is 105 Å². The molecule has 0 unspecified atom stereocenters. The Balaban J connectivity index is 0.991. The highest BCUT2D eigenvalue weighted by Gasteiger charge is 2.19. The lowest BCUT2D eigenvalue weighted by molar-refractivity contribution is 1.18. The normalized spacial score (nSPS) is 11.7. The monoisotopic (exact) mass is 762 g/mol. The highest BCUT2D eigenvalue weighted by atomic mass is 15.0. The minimum absolute atomic E-state index is 1.16. The minimum atomic E-state index is 1.16.